The molecular formula is C17H28N2O2. The molecule has 0 saturated carbocycles. The Kier molecular flexibility index (Phi) is 5.58. The van der Waals surface area contributed by atoms with Gasteiger partial charge in [0.1, 0.15) is 5.76 Å². The molecule has 3 heterocycles. The molecule has 0 unspecified atom stereocenters. The Morgan fingerprint density at radius 3 is 2.43 bits per heavy atom. The average molecular weight is 292 g/mol. The molecule has 118 valence electrons. The first kappa shape index (κ1) is 14.9. The van der Waals surface area contributed by atoms with Gasteiger partial charge in [-0.1, -0.05) is 12.8 Å². The van der Waals surface area contributed by atoms with Crippen LogP contribution in [0.15, 0.2) is 16.5 Å². The van der Waals surface area contributed by atoms with Crippen LogP contribution >= 0.6 is 0 Å². The number of rotatable bonds is 5. The molecule has 2 fully saturated rings. The van der Waals surface area contributed by atoms with Crippen molar-refractivity contribution in [2.45, 2.75) is 38.5 Å². The van der Waals surface area contributed by atoms with Crippen LogP contribution in [0.5, 0.6) is 0 Å². The number of anilines is 1. The number of nitrogens with zero attached hydrogens (tertiary/aromatic N) is 2. The number of hydrogen-bond acceptors (Lipinski definition) is 4. The van der Waals surface area contributed by atoms with Crippen molar-refractivity contribution in [3.8, 4) is 0 Å². The molecule has 0 aliphatic carbocycles. The van der Waals surface area contributed by atoms with Crippen LogP contribution in [0.2, 0.25) is 0 Å². The summed E-state index contributed by atoms with van der Waals surface area (Å²) in [5.41, 5.74) is 0. The van der Waals surface area contributed by atoms with Crippen LogP contribution in [0.1, 0.15) is 37.9 Å². The molecule has 0 bridgehead atoms. The van der Waals surface area contributed by atoms with E-state index in [1.165, 1.54) is 32.1 Å². The lowest BCUT2D eigenvalue weighted by molar-refractivity contribution is 0.0373. The lowest BCUT2D eigenvalue weighted by Crippen LogP contribution is -2.36. The van der Waals surface area contributed by atoms with Gasteiger partial charge in [0.2, 0.25) is 0 Å². The van der Waals surface area contributed by atoms with Gasteiger partial charge in [-0.3, -0.25) is 4.90 Å². The van der Waals surface area contributed by atoms with Gasteiger partial charge in [0.25, 0.3) is 0 Å². The zero-order chi connectivity index (χ0) is 14.3. The minimum atomic E-state index is 0.889. The molecule has 1 aromatic rings. The highest BCUT2D eigenvalue weighted by Gasteiger charge is 2.14. The topological polar surface area (TPSA) is 28.9 Å². The molecule has 0 aromatic carbocycles. The van der Waals surface area contributed by atoms with E-state index in [2.05, 4.69) is 21.9 Å². The van der Waals surface area contributed by atoms with Crippen LogP contribution < -0.4 is 4.90 Å². The highest BCUT2D eigenvalue weighted by molar-refractivity contribution is 5.36. The van der Waals surface area contributed by atoms with Crippen molar-refractivity contribution in [2.75, 3.05) is 50.8 Å². The molecule has 2 aliphatic heterocycles. The second-order valence-electron chi connectivity index (χ2n) is 6.20. The lowest BCUT2D eigenvalue weighted by Gasteiger charge is -2.26. The molecular weight excluding hydrogens is 264 g/mol. The first-order valence-electron chi connectivity index (χ1n) is 8.55. The first-order chi connectivity index (χ1) is 10.4. The molecule has 4 nitrogen and oxygen atoms in total. The van der Waals surface area contributed by atoms with Gasteiger partial charge in [0.05, 0.1) is 13.2 Å². The van der Waals surface area contributed by atoms with Crippen molar-refractivity contribution in [3.63, 3.8) is 0 Å². The average Bonchev–Trinajstić information content (AvgIpc) is 2.82. The van der Waals surface area contributed by atoms with E-state index in [-0.39, 0.29) is 0 Å². The maximum atomic E-state index is 6.05. The van der Waals surface area contributed by atoms with Gasteiger partial charge >= 0.3 is 0 Å². The van der Waals surface area contributed by atoms with Crippen molar-refractivity contribution >= 4 is 5.88 Å². The summed E-state index contributed by atoms with van der Waals surface area (Å²) in [4.78, 5) is 4.90. The normalized spacial score (nSPS) is 21.4. The summed E-state index contributed by atoms with van der Waals surface area (Å²) >= 11 is 0. The monoisotopic (exact) mass is 292 g/mol. The van der Waals surface area contributed by atoms with E-state index in [1.54, 1.807) is 0 Å². The maximum absolute atomic E-state index is 6.05. The van der Waals surface area contributed by atoms with E-state index < -0.39 is 0 Å². The molecule has 2 saturated heterocycles. The molecule has 0 amide bonds. The van der Waals surface area contributed by atoms with Crippen LogP contribution in [-0.4, -0.2) is 50.8 Å². The van der Waals surface area contributed by atoms with E-state index in [0.717, 1.165) is 64.0 Å². The third-order valence-electron chi connectivity index (χ3n) is 4.57. The Morgan fingerprint density at radius 1 is 0.905 bits per heavy atom. The minimum Gasteiger partial charge on any atom is -0.446 e. The second-order valence-corrected chi connectivity index (χ2v) is 6.20. The molecule has 4 heteroatoms. The number of aryl methyl sites for hydroxylation is 1. The number of morpholine rings is 1. The van der Waals surface area contributed by atoms with Gasteiger partial charge in [0.15, 0.2) is 5.88 Å². The predicted molar refractivity (Wildman–Crippen MR) is 85.0 cm³/mol. The van der Waals surface area contributed by atoms with Crippen molar-refractivity contribution in [2.24, 2.45) is 0 Å². The van der Waals surface area contributed by atoms with Crippen LogP contribution in [0.3, 0.4) is 0 Å². The SMILES string of the molecule is c1cc(N2CCCCCC2)oc1CCCN1CCOCC1. The molecule has 0 spiro atoms. The van der Waals surface area contributed by atoms with Gasteiger partial charge in [0, 0.05) is 38.7 Å². The number of hydrogen-bond donors (Lipinski definition) is 0. The zero-order valence-electron chi connectivity index (χ0n) is 13.1. The summed E-state index contributed by atoms with van der Waals surface area (Å²) in [6, 6.07) is 4.33. The summed E-state index contributed by atoms with van der Waals surface area (Å²) in [7, 11) is 0. The molecule has 0 N–H and O–H groups in total. The summed E-state index contributed by atoms with van der Waals surface area (Å²) in [5.74, 6) is 2.22. The van der Waals surface area contributed by atoms with Crippen LogP contribution in [0.25, 0.3) is 0 Å². The fraction of sp³-hybridized carbons (Fsp3) is 0.765. The van der Waals surface area contributed by atoms with Crippen molar-refractivity contribution in [1.82, 2.24) is 4.90 Å². The van der Waals surface area contributed by atoms with Crippen LogP contribution in [-0.2, 0) is 11.2 Å². The van der Waals surface area contributed by atoms with Crippen molar-refractivity contribution in [3.05, 3.63) is 17.9 Å². The molecule has 3 rings (SSSR count). The Morgan fingerprint density at radius 2 is 1.67 bits per heavy atom. The van der Waals surface area contributed by atoms with E-state index in [1.807, 2.05) is 0 Å². The molecule has 0 radical (unpaired) electrons. The summed E-state index contributed by atoms with van der Waals surface area (Å²) < 4.78 is 11.4. The second kappa shape index (κ2) is 7.85. The van der Waals surface area contributed by atoms with Crippen molar-refractivity contribution in [1.29, 1.82) is 0 Å². The van der Waals surface area contributed by atoms with Gasteiger partial charge in [-0.2, -0.15) is 0 Å². The standard InChI is InChI=1S/C17H28N2O2/c1-2-4-11-19(10-3-1)17-8-7-16(21-17)6-5-9-18-12-14-20-15-13-18/h7-8H,1-6,9-15H2. The Balaban J connectivity index is 1.43. The summed E-state index contributed by atoms with van der Waals surface area (Å²) in [6.07, 6.45) is 7.55. The molecule has 1 aromatic heterocycles. The molecule has 2 aliphatic rings. The summed E-state index contributed by atoms with van der Waals surface area (Å²) in [6.45, 7) is 7.40. The van der Waals surface area contributed by atoms with E-state index in [9.17, 15) is 0 Å². The molecule has 21 heavy (non-hydrogen) atoms. The Hall–Kier alpha value is -1.00. The Labute approximate surface area is 128 Å². The van der Waals surface area contributed by atoms with E-state index >= 15 is 0 Å². The quantitative estimate of drug-likeness (QED) is 0.834. The summed E-state index contributed by atoms with van der Waals surface area (Å²) in [5, 5.41) is 0. The van der Waals surface area contributed by atoms with Crippen LogP contribution in [0, 0.1) is 0 Å². The highest BCUT2D eigenvalue weighted by Crippen LogP contribution is 2.23. The van der Waals surface area contributed by atoms with Gasteiger partial charge < -0.3 is 14.1 Å². The van der Waals surface area contributed by atoms with Crippen LogP contribution in [0.4, 0.5) is 5.88 Å². The zero-order valence-corrected chi connectivity index (χ0v) is 13.1. The Bertz CT molecular complexity index is 405. The highest BCUT2D eigenvalue weighted by atomic mass is 16.5. The fourth-order valence-corrected chi connectivity index (χ4v) is 3.26. The van der Waals surface area contributed by atoms with Gasteiger partial charge in [-0.25, -0.2) is 0 Å². The predicted octanol–water partition coefficient (Wildman–Crippen LogP) is 2.92. The third-order valence-corrected chi connectivity index (χ3v) is 4.57. The van der Waals surface area contributed by atoms with E-state index in [0.29, 0.717) is 0 Å². The maximum Gasteiger partial charge on any atom is 0.195 e. The third kappa shape index (κ3) is 4.48. The fourth-order valence-electron chi connectivity index (χ4n) is 3.26. The number of ether oxygens (including phenoxy) is 1. The smallest absolute Gasteiger partial charge is 0.195 e. The van der Waals surface area contributed by atoms with E-state index in [4.69, 9.17) is 9.15 Å². The number of furan rings is 1. The van der Waals surface area contributed by atoms with Gasteiger partial charge in [-0.05, 0) is 31.9 Å². The first-order valence-corrected chi connectivity index (χ1v) is 8.55. The minimum absolute atomic E-state index is 0.889. The molecule has 0 atom stereocenters. The van der Waals surface area contributed by atoms with Gasteiger partial charge in [-0.15, -0.1) is 0 Å². The lowest BCUT2D eigenvalue weighted by atomic mass is 10.2. The largest absolute Gasteiger partial charge is 0.446 e. The van der Waals surface area contributed by atoms with Crippen molar-refractivity contribution < 1.29 is 9.15 Å².